The normalized spacial score (nSPS) is 21.7. The van der Waals surface area contributed by atoms with Crippen LogP contribution in [0.4, 0.5) is 0 Å². The second-order valence-corrected chi connectivity index (χ2v) is 6.48. The van der Waals surface area contributed by atoms with Crippen molar-refractivity contribution in [1.29, 1.82) is 0 Å². The highest BCUT2D eigenvalue weighted by molar-refractivity contribution is 5.78. The highest BCUT2D eigenvalue weighted by atomic mass is 16.5. The van der Waals surface area contributed by atoms with Crippen molar-refractivity contribution >= 4 is 5.91 Å². The van der Waals surface area contributed by atoms with Gasteiger partial charge in [0.2, 0.25) is 11.8 Å². The van der Waals surface area contributed by atoms with E-state index in [0.717, 1.165) is 26.2 Å². The summed E-state index contributed by atoms with van der Waals surface area (Å²) >= 11 is 0. The van der Waals surface area contributed by atoms with Crippen LogP contribution in [0.15, 0.2) is 4.52 Å². The quantitative estimate of drug-likeness (QED) is 0.820. The lowest BCUT2D eigenvalue weighted by Gasteiger charge is -2.48. The molecule has 0 saturated carbocycles. The molecule has 0 aliphatic carbocycles. The molecular formula is C14H22N4O2. The van der Waals surface area contributed by atoms with Crippen molar-refractivity contribution in [2.75, 3.05) is 26.2 Å². The maximum atomic E-state index is 12.1. The van der Waals surface area contributed by atoms with Gasteiger partial charge >= 0.3 is 0 Å². The summed E-state index contributed by atoms with van der Waals surface area (Å²) < 4.78 is 5.00. The molecule has 0 unspecified atom stereocenters. The van der Waals surface area contributed by atoms with Crippen molar-refractivity contribution in [2.24, 2.45) is 5.41 Å². The van der Waals surface area contributed by atoms with Gasteiger partial charge in [0.05, 0.1) is 0 Å². The average Bonchev–Trinajstić information content (AvgIpc) is 2.93. The van der Waals surface area contributed by atoms with Crippen LogP contribution in [-0.2, 0) is 11.2 Å². The lowest BCUT2D eigenvalue weighted by atomic mass is 9.79. The Labute approximate surface area is 119 Å². The summed E-state index contributed by atoms with van der Waals surface area (Å²) in [4.78, 5) is 20.6. The lowest BCUT2D eigenvalue weighted by Crippen LogP contribution is -2.60. The number of aryl methyl sites for hydroxylation is 1. The Morgan fingerprint density at radius 2 is 2.15 bits per heavy atom. The first kappa shape index (κ1) is 13.5. The van der Waals surface area contributed by atoms with E-state index < -0.39 is 0 Å². The van der Waals surface area contributed by atoms with E-state index in [4.69, 9.17) is 4.52 Å². The first-order chi connectivity index (χ1) is 9.47. The molecule has 0 bridgehead atoms. The number of likely N-dealkylation sites (tertiary alicyclic amines) is 2. The van der Waals surface area contributed by atoms with Gasteiger partial charge in [-0.15, -0.1) is 0 Å². The van der Waals surface area contributed by atoms with Crippen molar-refractivity contribution in [1.82, 2.24) is 19.9 Å². The number of aromatic nitrogens is 2. The van der Waals surface area contributed by atoms with Crippen molar-refractivity contribution in [2.45, 2.75) is 39.7 Å². The standard InChI is InChI=1S/C14H22N4O2/c1-10(2)17-5-4-14(7-17)8-18(9-14)13(19)6-12-15-11(3)16-20-12/h10H,4-9H2,1-3H3. The molecule has 2 aliphatic rings. The van der Waals surface area contributed by atoms with E-state index in [2.05, 4.69) is 28.9 Å². The second-order valence-electron chi connectivity index (χ2n) is 6.48. The molecule has 6 heteroatoms. The van der Waals surface area contributed by atoms with E-state index in [1.165, 1.54) is 6.42 Å². The van der Waals surface area contributed by atoms with Crippen LogP contribution in [0.3, 0.4) is 0 Å². The topological polar surface area (TPSA) is 62.5 Å². The Kier molecular flexibility index (Phi) is 3.28. The predicted molar refractivity (Wildman–Crippen MR) is 73.1 cm³/mol. The van der Waals surface area contributed by atoms with E-state index in [0.29, 0.717) is 23.2 Å². The molecule has 3 heterocycles. The fourth-order valence-corrected chi connectivity index (χ4v) is 3.26. The van der Waals surface area contributed by atoms with Crippen molar-refractivity contribution in [3.63, 3.8) is 0 Å². The summed E-state index contributed by atoms with van der Waals surface area (Å²) in [6.07, 6.45) is 1.43. The van der Waals surface area contributed by atoms with E-state index in [9.17, 15) is 4.79 Å². The molecule has 0 atom stereocenters. The summed E-state index contributed by atoms with van der Waals surface area (Å²) in [5.74, 6) is 1.10. The van der Waals surface area contributed by atoms with Crippen molar-refractivity contribution in [3.05, 3.63) is 11.7 Å². The van der Waals surface area contributed by atoms with Crippen molar-refractivity contribution in [3.8, 4) is 0 Å². The maximum absolute atomic E-state index is 12.1. The highest BCUT2D eigenvalue weighted by Crippen LogP contribution is 2.40. The van der Waals surface area contributed by atoms with Gasteiger partial charge in [-0.1, -0.05) is 5.16 Å². The van der Waals surface area contributed by atoms with Crippen LogP contribution in [0, 0.1) is 12.3 Å². The first-order valence-electron chi connectivity index (χ1n) is 7.28. The van der Waals surface area contributed by atoms with Crippen LogP contribution >= 0.6 is 0 Å². The molecule has 0 N–H and O–H groups in total. The second kappa shape index (κ2) is 4.84. The van der Waals surface area contributed by atoms with Gasteiger partial charge in [0.1, 0.15) is 6.42 Å². The molecule has 2 aliphatic heterocycles. The van der Waals surface area contributed by atoms with Crippen LogP contribution in [0.5, 0.6) is 0 Å². The number of amides is 1. The number of carbonyl (C=O) groups excluding carboxylic acids is 1. The number of hydrogen-bond acceptors (Lipinski definition) is 5. The van der Waals surface area contributed by atoms with Gasteiger partial charge < -0.3 is 14.3 Å². The molecule has 1 spiro atoms. The molecule has 1 aromatic rings. The van der Waals surface area contributed by atoms with Crippen LogP contribution in [0.2, 0.25) is 0 Å². The Balaban J connectivity index is 1.52. The van der Waals surface area contributed by atoms with Crippen molar-refractivity contribution < 1.29 is 9.32 Å². The molecule has 0 radical (unpaired) electrons. The van der Waals surface area contributed by atoms with Crippen LogP contribution in [0.1, 0.15) is 32.0 Å². The molecule has 0 aromatic carbocycles. The third kappa shape index (κ3) is 2.44. The molecule has 110 valence electrons. The van der Waals surface area contributed by atoms with Gasteiger partial charge in [0.25, 0.3) is 0 Å². The van der Waals surface area contributed by atoms with Gasteiger partial charge in [0, 0.05) is 31.1 Å². The summed E-state index contributed by atoms with van der Waals surface area (Å²) in [6, 6.07) is 0.598. The van der Waals surface area contributed by atoms with Crippen LogP contribution < -0.4 is 0 Å². The van der Waals surface area contributed by atoms with E-state index in [1.807, 2.05) is 4.90 Å². The van der Waals surface area contributed by atoms with E-state index >= 15 is 0 Å². The van der Waals surface area contributed by atoms with E-state index in [-0.39, 0.29) is 12.3 Å². The zero-order valence-corrected chi connectivity index (χ0v) is 12.4. The van der Waals surface area contributed by atoms with Gasteiger partial charge in [-0.05, 0) is 33.7 Å². The minimum Gasteiger partial charge on any atom is -0.341 e. The minimum atomic E-state index is 0.0993. The third-order valence-electron chi connectivity index (χ3n) is 4.48. The number of rotatable bonds is 3. The maximum Gasteiger partial charge on any atom is 0.236 e. The third-order valence-corrected chi connectivity index (χ3v) is 4.48. The Hall–Kier alpha value is -1.43. The fourth-order valence-electron chi connectivity index (χ4n) is 3.26. The summed E-state index contributed by atoms with van der Waals surface area (Å²) in [6.45, 7) is 10.3. The van der Waals surface area contributed by atoms with Gasteiger partial charge in [-0.25, -0.2) is 0 Å². The molecule has 6 nitrogen and oxygen atoms in total. The first-order valence-corrected chi connectivity index (χ1v) is 7.28. The van der Waals surface area contributed by atoms with Crippen LogP contribution in [-0.4, -0.2) is 58.1 Å². The molecule has 2 saturated heterocycles. The minimum absolute atomic E-state index is 0.0993. The molecule has 20 heavy (non-hydrogen) atoms. The summed E-state index contributed by atoms with van der Waals surface area (Å²) in [7, 11) is 0. The number of nitrogens with zero attached hydrogens (tertiary/aromatic N) is 4. The molecular weight excluding hydrogens is 256 g/mol. The SMILES string of the molecule is Cc1noc(CC(=O)N2CC3(CCN(C(C)C)C3)C2)n1. The van der Waals surface area contributed by atoms with Gasteiger partial charge in [-0.2, -0.15) is 4.98 Å². The number of carbonyl (C=O) groups is 1. The zero-order valence-electron chi connectivity index (χ0n) is 12.4. The molecule has 1 aromatic heterocycles. The molecule has 1 amide bonds. The average molecular weight is 278 g/mol. The fraction of sp³-hybridized carbons (Fsp3) is 0.786. The Bertz CT molecular complexity index is 505. The largest absolute Gasteiger partial charge is 0.341 e. The highest BCUT2D eigenvalue weighted by Gasteiger charge is 2.49. The summed E-state index contributed by atoms with van der Waals surface area (Å²) in [5, 5.41) is 3.71. The predicted octanol–water partition coefficient (Wildman–Crippen LogP) is 0.863. The molecule has 2 fully saturated rings. The summed E-state index contributed by atoms with van der Waals surface area (Å²) in [5.41, 5.74) is 0.338. The van der Waals surface area contributed by atoms with E-state index in [1.54, 1.807) is 6.92 Å². The Morgan fingerprint density at radius 3 is 2.70 bits per heavy atom. The molecule has 3 rings (SSSR count). The number of hydrogen-bond donors (Lipinski definition) is 0. The smallest absolute Gasteiger partial charge is 0.236 e. The van der Waals surface area contributed by atoms with Gasteiger partial charge in [0.15, 0.2) is 5.82 Å². The lowest BCUT2D eigenvalue weighted by molar-refractivity contribution is -0.142. The zero-order chi connectivity index (χ0) is 14.3. The Morgan fingerprint density at radius 1 is 1.40 bits per heavy atom. The van der Waals surface area contributed by atoms with Gasteiger partial charge in [-0.3, -0.25) is 4.79 Å². The monoisotopic (exact) mass is 278 g/mol. The van der Waals surface area contributed by atoms with Crippen LogP contribution in [0.25, 0.3) is 0 Å².